The predicted octanol–water partition coefficient (Wildman–Crippen LogP) is 4.59. The van der Waals surface area contributed by atoms with Crippen molar-refractivity contribution in [2.45, 2.75) is 13.5 Å². The maximum atomic E-state index is 6.17. The van der Waals surface area contributed by atoms with E-state index in [1.807, 2.05) is 12.1 Å². The molecular formula is C15H13ClINO2. The quantitative estimate of drug-likeness (QED) is 0.763. The summed E-state index contributed by atoms with van der Waals surface area (Å²) in [6.07, 6.45) is 0. The van der Waals surface area contributed by atoms with E-state index in [9.17, 15) is 0 Å². The van der Waals surface area contributed by atoms with Gasteiger partial charge in [0, 0.05) is 15.8 Å². The van der Waals surface area contributed by atoms with Gasteiger partial charge >= 0.3 is 0 Å². The molecule has 3 nitrogen and oxygen atoms in total. The minimum atomic E-state index is 0.238. The zero-order valence-electron chi connectivity index (χ0n) is 10.9. The highest BCUT2D eigenvalue weighted by Crippen LogP contribution is 2.39. The van der Waals surface area contributed by atoms with Crippen molar-refractivity contribution in [2.75, 3.05) is 12.1 Å². The summed E-state index contributed by atoms with van der Waals surface area (Å²) >= 11 is 8.50. The van der Waals surface area contributed by atoms with Crippen molar-refractivity contribution in [3.05, 3.63) is 50.1 Å². The third-order valence-corrected chi connectivity index (χ3v) is 4.60. The first-order valence-corrected chi connectivity index (χ1v) is 7.67. The summed E-state index contributed by atoms with van der Waals surface area (Å²) in [4.78, 5) is 0. The molecule has 0 amide bonds. The van der Waals surface area contributed by atoms with Crippen LogP contribution in [-0.4, -0.2) is 6.79 Å². The Morgan fingerprint density at radius 2 is 2.10 bits per heavy atom. The molecule has 5 heteroatoms. The Bertz CT molecular complexity index is 661. The van der Waals surface area contributed by atoms with Crippen LogP contribution in [0.15, 0.2) is 30.3 Å². The summed E-state index contributed by atoms with van der Waals surface area (Å²) in [5.74, 6) is 1.35. The zero-order valence-corrected chi connectivity index (χ0v) is 13.8. The average molecular weight is 402 g/mol. The molecule has 1 N–H and O–H groups in total. The summed E-state index contributed by atoms with van der Waals surface area (Å²) in [6.45, 7) is 3.03. The lowest BCUT2D eigenvalue weighted by Gasteiger charge is -2.09. The summed E-state index contributed by atoms with van der Waals surface area (Å²) in [5, 5.41) is 3.98. The topological polar surface area (TPSA) is 30.5 Å². The Morgan fingerprint density at radius 1 is 1.25 bits per heavy atom. The lowest BCUT2D eigenvalue weighted by Crippen LogP contribution is -2.00. The van der Waals surface area contributed by atoms with Crippen LogP contribution in [0, 0.1) is 10.5 Å². The molecule has 3 rings (SSSR count). The maximum Gasteiger partial charge on any atom is 0.231 e. The Morgan fingerprint density at radius 3 is 2.90 bits per heavy atom. The molecule has 0 atom stereocenters. The predicted molar refractivity (Wildman–Crippen MR) is 88.8 cm³/mol. The molecule has 0 fully saturated rings. The van der Waals surface area contributed by atoms with E-state index in [2.05, 4.69) is 53.0 Å². The second kappa shape index (κ2) is 5.69. The Labute approximate surface area is 136 Å². The van der Waals surface area contributed by atoms with Crippen molar-refractivity contribution >= 4 is 39.9 Å². The number of rotatable bonds is 3. The standard InChI is InChI=1S/C15H13ClINO2/c1-9-2-3-11(6-13(9)17)18-7-10-4-12(16)15-14(5-10)19-8-20-15/h2-6,18H,7-8H2,1H3. The van der Waals surface area contributed by atoms with Crippen molar-refractivity contribution in [2.24, 2.45) is 0 Å². The highest BCUT2D eigenvalue weighted by Gasteiger charge is 2.18. The number of benzene rings is 2. The van der Waals surface area contributed by atoms with Gasteiger partial charge in [-0.05, 0) is 64.9 Å². The van der Waals surface area contributed by atoms with E-state index < -0.39 is 0 Å². The Hall–Kier alpha value is -1.14. The molecule has 0 spiro atoms. The molecule has 2 aromatic rings. The van der Waals surface area contributed by atoms with E-state index in [1.165, 1.54) is 9.13 Å². The van der Waals surface area contributed by atoms with Gasteiger partial charge in [0.2, 0.25) is 6.79 Å². The normalized spacial score (nSPS) is 12.6. The van der Waals surface area contributed by atoms with Gasteiger partial charge in [0.25, 0.3) is 0 Å². The molecule has 0 radical (unpaired) electrons. The van der Waals surface area contributed by atoms with Crippen LogP contribution in [0.3, 0.4) is 0 Å². The molecule has 104 valence electrons. The molecule has 0 aromatic heterocycles. The van der Waals surface area contributed by atoms with Gasteiger partial charge in [-0.1, -0.05) is 17.7 Å². The number of nitrogens with one attached hydrogen (secondary N) is 1. The summed E-state index contributed by atoms with van der Waals surface area (Å²) in [6, 6.07) is 10.2. The summed E-state index contributed by atoms with van der Waals surface area (Å²) in [7, 11) is 0. The Kier molecular flexibility index (Phi) is 3.94. The first-order valence-electron chi connectivity index (χ1n) is 6.21. The molecular weight excluding hydrogens is 389 g/mol. The molecule has 1 aliphatic heterocycles. The molecule has 0 saturated heterocycles. The van der Waals surface area contributed by atoms with Crippen LogP contribution in [0.2, 0.25) is 5.02 Å². The van der Waals surface area contributed by atoms with Crippen LogP contribution in [0.25, 0.3) is 0 Å². The van der Waals surface area contributed by atoms with E-state index in [0.717, 1.165) is 11.3 Å². The van der Waals surface area contributed by atoms with Crippen LogP contribution in [0.1, 0.15) is 11.1 Å². The lowest BCUT2D eigenvalue weighted by molar-refractivity contribution is 0.174. The zero-order chi connectivity index (χ0) is 14.1. The highest BCUT2D eigenvalue weighted by atomic mass is 127. The Balaban J connectivity index is 1.75. The third-order valence-electron chi connectivity index (χ3n) is 3.16. The van der Waals surface area contributed by atoms with Crippen molar-refractivity contribution in [3.8, 4) is 11.5 Å². The van der Waals surface area contributed by atoms with Crippen LogP contribution in [-0.2, 0) is 6.54 Å². The van der Waals surface area contributed by atoms with E-state index >= 15 is 0 Å². The van der Waals surface area contributed by atoms with Crippen LogP contribution < -0.4 is 14.8 Å². The average Bonchev–Trinajstić information content (AvgIpc) is 2.89. The number of aryl methyl sites for hydroxylation is 1. The van der Waals surface area contributed by atoms with E-state index in [4.69, 9.17) is 21.1 Å². The van der Waals surface area contributed by atoms with Crippen molar-refractivity contribution in [1.29, 1.82) is 0 Å². The van der Waals surface area contributed by atoms with Gasteiger partial charge in [-0.2, -0.15) is 0 Å². The minimum absolute atomic E-state index is 0.238. The van der Waals surface area contributed by atoms with Gasteiger partial charge in [0.05, 0.1) is 5.02 Å². The maximum absolute atomic E-state index is 6.17. The highest BCUT2D eigenvalue weighted by molar-refractivity contribution is 14.1. The fourth-order valence-corrected chi connectivity index (χ4v) is 2.83. The summed E-state index contributed by atoms with van der Waals surface area (Å²) < 4.78 is 11.9. The smallest absolute Gasteiger partial charge is 0.231 e. The van der Waals surface area contributed by atoms with Crippen LogP contribution in [0.5, 0.6) is 11.5 Å². The second-order valence-corrected chi connectivity index (χ2v) is 6.20. The van der Waals surface area contributed by atoms with Gasteiger partial charge in [-0.25, -0.2) is 0 Å². The lowest BCUT2D eigenvalue weighted by atomic mass is 10.2. The molecule has 0 aliphatic carbocycles. The van der Waals surface area contributed by atoms with Crippen LogP contribution in [0.4, 0.5) is 5.69 Å². The molecule has 0 unspecified atom stereocenters. The van der Waals surface area contributed by atoms with Crippen LogP contribution >= 0.6 is 34.2 Å². The van der Waals surface area contributed by atoms with Crippen molar-refractivity contribution in [1.82, 2.24) is 0 Å². The second-order valence-electron chi connectivity index (χ2n) is 4.63. The van der Waals surface area contributed by atoms with Crippen molar-refractivity contribution < 1.29 is 9.47 Å². The fourth-order valence-electron chi connectivity index (χ4n) is 2.03. The fraction of sp³-hybridized carbons (Fsp3) is 0.200. The largest absolute Gasteiger partial charge is 0.454 e. The number of hydrogen-bond donors (Lipinski definition) is 1. The number of halogens is 2. The first-order chi connectivity index (χ1) is 9.63. The molecule has 0 bridgehead atoms. The van der Waals surface area contributed by atoms with E-state index in [1.54, 1.807) is 0 Å². The van der Waals surface area contributed by atoms with E-state index in [-0.39, 0.29) is 6.79 Å². The molecule has 1 aliphatic rings. The molecule has 20 heavy (non-hydrogen) atoms. The van der Waals surface area contributed by atoms with E-state index in [0.29, 0.717) is 23.1 Å². The van der Waals surface area contributed by atoms with Crippen molar-refractivity contribution in [3.63, 3.8) is 0 Å². The monoisotopic (exact) mass is 401 g/mol. The number of fused-ring (bicyclic) bond motifs is 1. The SMILES string of the molecule is Cc1ccc(NCc2cc(Cl)c3c(c2)OCO3)cc1I. The number of ether oxygens (including phenoxy) is 2. The van der Waals surface area contributed by atoms with Gasteiger partial charge in [0.1, 0.15) is 0 Å². The van der Waals surface area contributed by atoms with Gasteiger partial charge in [-0.15, -0.1) is 0 Å². The molecule has 0 saturated carbocycles. The first kappa shape index (κ1) is 13.8. The van der Waals surface area contributed by atoms with Gasteiger partial charge in [0.15, 0.2) is 11.5 Å². The number of anilines is 1. The molecule has 2 aromatic carbocycles. The summed E-state index contributed by atoms with van der Waals surface area (Å²) in [5.41, 5.74) is 3.44. The number of hydrogen-bond acceptors (Lipinski definition) is 3. The van der Waals surface area contributed by atoms with Gasteiger partial charge in [-0.3, -0.25) is 0 Å². The minimum Gasteiger partial charge on any atom is -0.454 e. The third kappa shape index (κ3) is 2.81. The molecule has 1 heterocycles. The van der Waals surface area contributed by atoms with Gasteiger partial charge < -0.3 is 14.8 Å².